The summed E-state index contributed by atoms with van der Waals surface area (Å²) >= 11 is 0. The van der Waals surface area contributed by atoms with Crippen molar-refractivity contribution >= 4 is 5.91 Å². The predicted molar refractivity (Wildman–Crippen MR) is 74.1 cm³/mol. The fourth-order valence-electron chi connectivity index (χ4n) is 1.76. The summed E-state index contributed by atoms with van der Waals surface area (Å²) < 4.78 is 18.6. The molecule has 0 spiro atoms. The lowest BCUT2D eigenvalue weighted by atomic mass is 10.3. The van der Waals surface area contributed by atoms with Gasteiger partial charge in [0.2, 0.25) is 5.91 Å². The second kappa shape index (κ2) is 6.83. The average Bonchev–Trinajstić information content (AvgIpc) is 2.86. The Hall–Kier alpha value is -2.44. The molecule has 7 heteroatoms. The first-order chi connectivity index (χ1) is 10.1. The van der Waals surface area contributed by atoms with Gasteiger partial charge in [0.05, 0.1) is 19.6 Å². The van der Waals surface area contributed by atoms with Crippen LogP contribution in [-0.4, -0.2) is 39.6 Å². The third-order valence-corrected chi connectivity index (χ3v) is 2.86. The van der Waals surface area contributed by atoms with E-state index in [-0.39, 0.29) is 24.7 Å². The van der Waals surface area contributed by atoms with E-state index in [0.29, 0.717) is 18.2 Å². The van der Waals surface area contributed by atoms with E-state index in [1.807, 2.05) is 0 Å². The van der Waals surface area contributed by atoms with Gasteiger partial charge in [-0.3, -0.25) is 9.89 Å². The van der Waals surface area contributed by atoms with Crippen LogP contribution in [0.1, 0.15) is 18.1 Å². The number of hydrogen-bond acceptors (Lipinski definition) is 4. The second-order valence-corrected chi connectivity index (χ2v) is 4.62. The average molecular weight is 292 g/mol. The number of aromatic amines is 1. The number of para-hydroxylation sites is 1. The Morgan fingerprint density at radius 3 is 2.86 bits per heavy atom. The minimum absolute atomic E-state index is 0.117. The number of carbonyl (C=O) groups is 1. The minimum atomic E-state index is -0.436. The lowest BCUT2D eigenvalue weighted by Crippen LogP contribution is -2.28. The molecule has 0 aliphatic heterocycles. The van der Waals surface area contributed by atoms with Gasteiger partial charge in [-0.05, 0) is 19.1 Å². The fourth-order valence-corrected chi connectivity index (χ4v) is 1.76. The number of aryl methyl sites for hydroxylation is 1. The zero-order valence-corrected chi connectivity index (χ0v) is 12.0. The molecule has 1 amide bonds. The van der Waals surface area contributed by atoms with Crippen molar-refractivity contribution in [2.24, 2.45) is 0 Å². The smallest absolute Gasteiger partial charge is 0.226 e. The lowest BCUT2D eigenvalue weighted by molar-refractivity contribution is -0.131. The van der Waals surface area contributed by atoms with E-state index in [4.69, 9.17) is 4.74 Å². The van der Waals surface area contributed by atoms with Gasteiger partial charge in [-0.25, -0.2) is 9.37 Å². The summed E-state index contributed by atoms with van der Waals surface area (Å²) in [7, 11) is 1.66. The maximum absolute atomic E-state index is 13.3. The number of nitrogens with one attached hydrogen (secondary N) is 1. The van der Waals surface area contributed by atoms with E-state index in [1.54, 1.807) is 26.1 Å². The molecule has 1 aromatic carbocycles. The maximum atomic E-state index is 13.3. The number of rotatable bonds is 6. The van der Waals surface area contributed by atoms with Gasteiger partial charge in [0, 0.05) is 7.05 Å². The van der Waals surface area contributed by atoms with Gasteiger partial charge in [-0.15, -0.1) is 0 Å². The zero-order valence-electron chi connectivity index (χ0n) is 12.0. The summed E-state index contributed by atoms with van der Waals surface area (Å²) in [6.07, 6.45) is 0.161. The number of halogens is 1. The molecule has 0 unspecified atom stereocenters. The summed E-state index contributed by atoms with van der Waals surface area (Å²) in [5, 5.41) is 6.69. The lowest BCUT2D eigenvalue weighted by Gasteiger charge is -2.15. The van der Waals surface area contributed by atoms with Crippen LogP contribution in [0.5, 0.6) is 5.75 Å². The van der Waals surface area contributed by atoms with Crippen LogP contribution in [0, 0.1) is 12.7 Å². The molecule has 1 N–H and O–H groups in total. The Morgan fingerprint density at radius 1 is 1.43 bits per heavy atom. The van der Waals surface area contributed by atoms with Crippen LogP contribution in [0.2, 0.25) is 0 Å². The minimum Gasteiger partial charge on any atom is -0.490 e. The number of carbonyl (C=O) groups excluding carboxylic acids is 1. The Labute approximate surface area is 121 Å². The Kier molecular flexibility index (Phi) is 4.86. The van der Waals surface area contributed by atoms with Gasteiger partial charge in [0.15, 0.2) is 17.4 Å². The van der Waals surface area contributed by atoms with Crippen molar-refractivity contribution in [2.45, 2.75) is 19.9 Å². The van der Waals surface area contributed by atoms with E-state index >= 15 is 0 Å². The van der Waals surface area contributed by atoms with Crippen LogP contribution in [0.25, 0.3) is 0 Å². The van der Waals surface area contributed by atoms with Crippen molar-refractivity contribution in [2.75, 3.05) is 13.7 Å². The molecule has 0 aliphatic rings. The highest BCUT2D eigenvalue weighted by Gasteiger charge is 2.12. The SMILES string of the molecule is Cc1nc(CN(C)C(=O)CCOc2ccccc2F)n[nH]1. The topological polar surface area (TPSA) is 71.1 Å². The van der Waals surface area contributed by atoms with Crippen LogP contribution < -0.4 is 4.74 Å². The molecule has 1 heterocycles. The van der Waals surface area contributed by atoms with Crippen molar-refractivity contribution < 1.29 is 13.9 Å². The molecule has 0 fully saturated rings. The number of amides is 1. The summed E-state index contributed by atoms with van der Waals surface area (Å²) in [6.45, 7) is 2.24. The first-order valence-corrected chi connectivity index (χ1v) is 6.55. The molecule has 2 rings (SSSR count). The number of H-pyrrole nitrogens is 1. The number of aromatic nitrogens is 3. The molecule has 1 aromatic heterocycles. The van der Waals surface area contributed by atoms with E-state index in [9.17, 15) is 9.18 Å². The molecule has 0 atom stereocenters. The van der Waals surface area contributed by atoms with E-state index in [0.717, 1.165) is 0 Å². The first kappa shape index (κ1) is 15.0. The fraction of sp³-hybridized carbons (Fsp3) is 0.357. The molecule has 0 radical (unpaired) electrons. The Bertz CT molecular complexity index is 615. The van der Waals surface area contributed by atoms with Crippen LogP contribution in [0.15, 0.2) is 24.3 Å². The number of ether oxygens (including phenoxy) is 1. The summed E-state index contributed by atoms with van der Waals surface area (Å²) in [6, 6.07) is 6.10. The molecule has 6 nitrogen and oxygen atoms in total. The van der Waals surface area contributed by atoms with Crippen molar-refractivity contribution in [1.82, 2.24) is 20.1 Å². The molecule has 0 saturated heterocycles. The van der Waals surface area contributed by atoms with Crippen LogP contribution >= 0.6 is 0 Å². The molecular formula is C14H17FN4O2. The van der Waals surface area contributed by atoms with E-state index in [1.165, 1.54) is 17.0 Å². The van der Waals surface area contributed by atoms with Crippen molar-refractivity contribution in [3.8, 4) is 5.75 Å². The standard InChI is InChI=1S/C14H17FN4O2/c1-10-16-13(18-17-10)9-19(2)14(20)7-8-21-12-6-4-3-5-11(12)15/h3-6H,7-9H2,1-2H3,(H,16,17,18). The molecule has 2 aromatic rings. The van der Waals surface area contributed by atoms with Crippen LogP contribution in [0.3, 0.4) is 0 Å². The van der Waals surface area contributed by atoms with Crippen LogP contribution in [0.4, 0.5) is 4.39 Å². The quantitative estimate of drug-likeness (QED) is 0.879. The summed E-state index contributed by atoms with van der Waals surface area (Å²) in [5.74, 6) is 0.855. The summed E-state index contributed by atoms with van der Waals surface area (Å²) in [5.41, 5.74) is 0. The highest BCUT2D eigenvalue weighted by Crippen LogP contribution is 2.15. The van der Waals surface area contributed by atoms with Gasteiger partial charge >= 0.3 is 0 Å². The predicted octanol–water partition coefficient (Wildman–Crippen LogP) is 1.68. The normalized spacial score (nSPS) is 10.4. The van der Waals surface area contributed by atoms with Gasteiger partial charge < -0.3 is 9.64 Å². The third-order valence-electron chi connectivity index (χ3n) is 2.86. The Morgan fingerprint density at radius 2 is 2.19 bits per heavy atom. The molecular weight excluding hydrogens is 275 g/mol. The highest BCUT2D eigenvalue weighted by molar-refractivity contribution is 5.75. The van der Waals surface area contributed by atoms with E-state index in [2.05, 4.69) is 15.2 Å². The summed E-state index contributed by atoms with van der Waals surface area (Å²) in [4.78, 5) is 17.6. The largest absolute Gasteiger partial charge is 0.490 e. The Balaban J connectivity index is 1.77. The zero-order chi connectivity index (χ0) is 15.2. The van der Waals surface area contributed by atoms with Gasteiger partial charge in [-0.1, -0.05) is 12.1 Å². The third kappa shape index (κ3) is 4.27. The number of nitrogens with zero attached hydrogens (tertiary/aromatic N) is 3. The molecule has 0 saturated carbocycles. The molecule has 0 bridgehead atoms. The second-order valence-electron chi connectivity index (χ2n) is 4.62. The molecule has 112 valence electrons. The highest BCUT2D eigenvalue weighted by atomic mass is 19.1. The maximum Gasteiger partial charge on any atom is 0.226 e. The van der Waals surface area contributed by atoms with Crippen molar-refractivity contribution in [3.63, 3.8) is 0 Å². The van der Waals surface area contributed by atoms with Crippen molar-refractivity contribution in [1.29, 1.82) is 0 Å². The monoisotopic (exact) mass is 292 g/mol. The van der Waals surface area contributed by atoms with Gasteiger partial charge in [0.1, 0.15) is 5.82 Å². The van der Waals surface area contributed by atoms with Crippen LogP contribution in [-0.2, 0) is 11.3 Å². The number of benzene rings is 1. The van der Waals surface area contributed by atoms with Gasteiger partial charge in [-0.2, -0.15) is 5.10 Å². The van der Waals surface area contributed by atoms with Gasteiger partial charge in [0.25, 0.3) is 0 Å². The molecule has 21 heavy (non-hydrogen) atoms. The molecule has 0 aliphatic carbocycles. The first-order valence-electron chi connectivity index (χ1n) is 6.55. The van der Waals surface area contributed by atoms with Crippen molar-refractivity contribution in [3.05, 3.63) is 41.7 Å². The van der Waals surface area contributed by atoms with E-state index < -0.39 is 5.82 Å². The number of hydrogen-bond donors (Lipinski definition) is 1.